The van der Waals surface area contributed by atoms with Gasteiger partial charge in [0.1, 0.15) is 5.82 Å². The van der Waals surface area contributed by atoms with Gasteiger partial charge in [-0.25, -0.2) is 4.39 Å². The molecule has 0 saturated heterocycles. The molecule has 2 nitrogen and oxygen atoms in total. The van der Waals surface area contributed by atoms with E-state index in [0.717, 1.165) is 28.0 Å². The van der Waals surface area contributed by atoms with E-state index < -0.39 is 0 Å². The Morgan fingerprint density at radius 1 is 0.952 bits per heavy atom. The monoisotopic (exact) mass is 280 g/mol. The first-order valence-corrected chi connectivity index (χ1v) is 6.95. The molecule has 1 aromatic heterocycles. The Balaban J connectivity index is 2.15. The number of anilines is 2. The van der Waals surface area contributed by atoms with Gasteiger partial charge in [-0.2, -0.15) is 0 Å². The number of benzene rings is 2. The van der Waals surface area contributed by atoms with Crippen molar-refractivity contribution < 1.29 is 4.39 Å². The van der Waals surface area contributed by atoms with Gasteiger partial charge in [0.05, 0.1) is 5.52 Å². The number of aryl methyl sites for hydroxylation is 2. The first-order valence-electron chi connectivity index (χ1n) is 6.95. The number of nitrogens with zero attached hydrogens (tertiary/aromatic N) is 1. The number of halogens is 1. The number of hydrogen-bond donors (Lipinski definition) is 1. The van der Waals surface area contributed by atoms with Crippen LogP contribution in [0, 0.1) is 26.6 Å². The summed E-state index contributed by atoms with van der Waals surface area (Å²) in [5.74, 6) is -0.253. The predicted octanol–water partition coefficient (Wildman–Crippen LogP) is 5.04. The summed E-state index contributed by atoms with van der Waals surface area (Å²) < 4.78 is 13.5. The van der Waals surface area contributed by atoms with Gasteiger partial charge in [-0.05, 0) is 62.2 Å². The van der Waals surface area contributed by atoms with Crippen molar-refractivity contribution >= 4 is 22.3 Å². The zero-order valence-corrected chi connectivity index (χ0v) is 12.4. The van der Waals surface area contributed by atoms with Gasteiger partial charge >= 0.3 is 0 Å². The van der Waals surface area contributed by atoms with Crippen molar-refractivity contribution in [3.05, 3.63) is 65.1 Å². The minimum atomic E-state index is -0.253. The average Bonchev–Trinajstić information content (AvgIpc) is 2.44. The van der Waals surface area contributed by atoms with Crippen molar-refractivity contribution in [2.24, 2.45) is 0 Å². The molecule has 0 unspecified atom stereocenters. The van der Waals surface area contributed by atoms with E-state index in [9.17, 15) is 4.39 Å². The highest BCUT2D eigenvalue weighted by atomic mass is 19.1. The second-order valence-corrected chi connectivity index (χ2v) is 5.35. The number of pyridine rings is 1. The van der Waals surface area contributed by atoms with Crippen molar-refractivity contribution in [2.45, 2.75) is 20.8 Å². The quantitative estimate of drug-likeness (QED) is 0.711. The molecular formula is C18H17FN2. The first-order chi connectivity index (χ1) is 10.0. The van der Waals surface area contributed by atoms with Gasteiger partial charge in [0, 0.05) is 22.5 Å². The number of hydrogen-bond acceptors (Lipinski definition) is 2. The molecule has 0 aliphatic rings. The summed E-state index contributed by atoms with van der Waals surface area (Å²) >= 11 is 0. The third kappa shape index (κ3) is 2.59. The molecule has 0 spiro atoms. The lowest BCUT2D eigenvalue weighted by Crippen LogP contribution is -1.98. The molecule has 0 saturated carbocycles. The Hall–Kier alpha value is -2.42. The van der Waals surface area contributed by atoms with Crippen LogP contribution in [0.1, 0.15) is 16.8 Å². The Morgan fingerprint density at radius 3 is 2.57 bits per heavy atom. The fourth-order valence-electron chi connectivity index (χ4n) is 2.47. The molecule has 106 valence electrons. The molecule has 0 aliphatic carbocycles. The van der Waals surface area contributed by atoms with Crippen LogP contribution in [0.4, 0.5) is 15.8 Å². The van der Waals surface area contributed by atoms with Crippen LogP contribution in [0.3, 0.4) is 0 Å². The fourth-order valence-corrected chi connectivity index (χ4v) is 2.47. The van der Waals surface area contributed by atoms with Gasteiger partial charge < -0.3 is 5.32 Å². The lowest BCUT2D eigenvalue weighted by atomic mass is 10.1. The van der Waals surface area contributed by atoms with E-state index in [2.05, 4.69) is 30.2 Å². The Labute approximate surface area is 123 Å². The molecule has 1 heterocycles. The van der Waals surface area contributed by atoms with Crippen molar-refractivity contribution in [1.29, 1.82) is 0 Å². The highest BCUT2D eigenvalue weighted by Crippen LogP contribution is 2.29. The van der Waals surface area contributed by atoms with Crippen LogP contribution in [0.15, 0.2) is 42.5 Å². The molecular weight excluding hydrogens is 263 g/mol. The first kappa shape index (κ1) is 13.6. The molecule has 3 aromatic rings. The zero-order valence-electron chi connectivity index (χ0n) is 12.4. The second kappa shape index (κ2) is 5.17. The van der Waals surface area contributed by atoms with Crippen LogP contribution in [0.25, 0.3) is 10.9 Å². The minimum Gasteiger partial charge on any atom is -0.355 e. The van der Waals surface area contributed by atoms with Crippen molar-refractivity contribution in [2.75, 3.05) is 5.32 Å². The molecule has 0 aliphatic heterocycles. The number of nitrogens with one attached hydrogen (secondary N) is 1. The van der Waals surface area contributed by atoms with E-state index >= 15 is 0 Å². The molecule has 2 aromatic carbocycles. The largest absolute Gasteiger partial charge is 0.355 e. The SMILES string of the molecule is Cc1cc(Nc2cccc(C)c2C)c2cc(F)ccc2n1. The van der Waals surface area contributed by atoms with E-state index in [1.165, 1.54) is 23.3 Å². The average molecular weight is 280 g/mol. The molecule has 0 fully saturated rings. The van der Waals surface area contributed by atoms with Crippen LogP contribution in [-0.2, 0) is 0 Å². The van der Waals surface area contributed by atoms with Gasteiger partial charge in [-0.15, -0.1) is 0 Å². The maximum absolute atomic E-state index is 13.5. The smallest absolute Gasteiger partial charge is 0.124 e. The molecule has 0 atom stereocenters. The third-order valence-electron chi connectivity index (χ3n) is 3.77. The topological polar surface area (TPSA) is 24.9 Å². The zero-order chi connectivity index (χ0) is 15.0. The molecule has 0 radical (unpaired) electrons. The van der Waals surface area contributed by atoms with Crippen molar-refractivity contribution in [3.8, 4) is 0 Å². The molecule has 3 rings (SSSR count). The summed E-state index contributed by atoms with van der Waals surface area (Å²) in [6, 6.07) is 12.8. The van der Waals surface area contributed by atoms with Gasteiger partial charge in [-0.1, -0.05) is 12.1 Å². The van der Waals surface area contributed by atoms with Gasteiger partial charge in [0.2, 0.25) is 0 Å². The lowest BCUT2D eigenvalue weighted by Gasteiger charge is -2.14. The van der Waals surface area contributed by atoms with E-state index in [-0.39, 0.29) is 5.82 Å². The molecule has 0 amide bonds. The van der Waals surface area contributed by atoms with E-state index in [0.29, 0.717) is 0 Å². The third-order valence-corrected chi connectivity index (χ3v) is 3.77. The summed E-state index contributed by atoms with van der Waals surface area (Å²) in [7, 11) is 0. The Kier molecular flexibility index (Phi) is 3.34. The van der Waals surface area contributed by atoms with E-state index in [1.54, 1.807) is 6.07 Å². The summed E-state index contributed by atoms with van der Waals surface area (Å²) in [6.45, 7) is 6.10. The highest BCUT2D eigenvalue weighted by molar-refractivity contribution is 5.93. The number of fused-ring (bicyclic) bond motifs is 1. The predicted molar refractivity (Wildman–Crippen MR) is 85.6 cm³/mol. The number of aromatic nitrogens is 1. The minimum absolute atomic E-state index is 0.253. The summed E-state index contributed by atoms with van der Waals surface area (Å²) in [4.78, 5) is 4.45. The van der Waals surface area contributed by atoms with Crippen LogP contribution in [0.2, 0.25) is 0 Å². The van der Waals surface area contributed by atoms with Crippen molar-refractivity contribution in [3.63, 3.8) is 0 Å². The second-order valence-electron chi connectivity index (χ2n) is 5.35. The molecule has 0 bridgehead atoms. The fraction of sp³-hybridized carbons (Fsp3) is 0.167. The van der Waals surface area contributed by atoms with Crippen LogP contribution in [-0.4, -0.2) is 4.98 Å². The Morgan fingerprint density at radius 2 is 1.76 bits per heavy atom. The number of rotatable bonds is 2. The van der Waals surface area contributed by atoms with Gasteiger partial charge in [-0.3, -0.25) is 4.98 Å². The highest BCUT2D eigenvalue weighted by Gasteiger charge is 2.08. The van der Waals surface area contributed by atoms with Crippen LogP contribution < -0.4 is 5.32 Å². The van der Waals surface area contributed by atoms with E-state index in [4.69, 9.17) is 0 Å². The van der Waals surface area contributed by atoms with Crippen LogP contribution in [0.5, 0.6) is 0 Å². The molecule has 3 heteroatoms. The molecule has 1 N–H and O–H groups in total. The standard InChI is InChI=1S/C18H17FN2/c1-11-5-4-6-16(13(11)3)21-18-9-12(2)20-17-8-7-14(19)10-15(17)18/h4-10H,1-3H3,(H,20,21). The maximum atomic E-state index is 13.5. The molecule has 21 heavy (non-hydrogen) atoms. The summed E-state index contributed by atoms with van der Waals surface area (Å²) in [5, 5.41) is 4.21. The van der Waals surface area contributed by atoms with Crippen LogP contribution >= 0.6 is 0 Å². The normalized spacial score (nSPS) is 10.9. The van der Waals surface area contributed by atoms with Crippen molar-refractivity contribution in [1.82, 2.24) is 4.98 Å². The van der Waals surface area contributed by atoms with Gasteiger partial charge in [0.25, 0.3) is 0 Å². The maximum Gasteiger partial charge on any atom is 0.124 e. The Bertz CT molecular complexity index is 825. The summed E-state index contributed by atoms with van der Waals surface area (Å²) in [5.41, 5.74) is 6.03. The van der Waals surface area contributed by atoms with E-state index in [1.807, 2.05) is 25.1 Å². The lowest BCUT2D eigenvalue weighted by molar-refractivity contribution is 0.629. The summed E-state index contributed by atoms with van der Waals surface area (Å²) in [6.07, 6.45) is 0. The van der Waals surface area contributed by atoms with Gasteiger partial charge in [0.15, 0.2) is 0 Å².